The van der Waals surface area contributed by atoms with Crippen LogP contribution in [0.3, 0.4) is 0 Å². The third kappa shape index (κ3) is 1.47. The van der Waals surface area contributed by atoms with Crippen molar-refractivity contribution in [2.45, 2.75) is 18.8 Å². The van der Waals surface area contributed by atoms with Crippen LogP contribution in [0, 0.1) is 5.92 Å². The molecule has 3 saturated heterocycles. The van der Waals surface area contributed by atoms with E-state index in [0.29, 0.717) is 12.5 Å². The summed E-state index contributed by atoms with van der Waals surface area (Å²) in [4.78, 5) is 0. The number of nitrogens with two attached hydrogens (primary N) is 1. The van der Waals surface area contributed by atoms with Gasteiger partial charge in [0.05, 0.1) is 19.8 Å². The highest BCUT2D eigenvalue weighted by atomic mass is 16.9. The van der Waals surface area contributed by atoms with Gasteiger partial charge in [0.2, 0.25) is 0 Å². The molecule has 3 fully saturated rings. The Morgan fingerprint density at radius 2 is 1.75 bits per heavy atom. The van der Waals surface area contributed by atoms with Crippen molar-refractivity contribution in [1.82, 2.24) is 0 Å². The van der Waals surface area contributed by atoms with E-state index in [9.17, 15) is 0 Å². The number of hydrogen-bond donors (Lipinski definition) is 1. The van der Waals surface area contributed by atoms with Gasteiger partial charge >= 0.3 is 0 Å². The average Bonchev–Trinajstić information content (AvgIpc) is 2.18. The van der Waals surface area contributed by atoms with Gasteiger partial charge < -0.3 is 19.9 Å². The normalized spacial score (nSPS) is 40.2. The van der Waals surface area contributed by atoms with Crippen LogP contribution in [0.4, 0.5) is 0 Å². The SMILES string of the molecule is NCCCC12OCC(CO1)CO2. The van der Waals surface area contributed by atoms with Crippen LogP contribution in [0.15, 0.2) is 0 Å². The van der Waals surface area contributed by atoms with Crippen molar-refractivity contribution in [2.75, 3.05) is 26.4 Å². The summed E-state index contributed by atoms with van der Waals surface area (Å²) in [6.07, 6.45) is 1.63. The summed E-state index contributed by atoms with van der Waals surface area (Å²) in [5, 5.41) is 0. The predicted molar refractivity (Wildman–Crippen MR) is 42.4 cm³/mol. The van der Waals surface area contributed by atoms with E-state index in [4.69, 9.17) is 19.9 Å². The second-order valence-electron chi connectivity index (χ2n) is 3.37. The lowest BCUT2D eigenvalue weighted by Gasteiger charge is -2.45. The van der Waals surface area contributed by atoms with Crippen molar-refractivity contribution >= 4 is 0 Å². The first kappa shape index (κ1) is 8.44. The molecule has 0 atom stereocenters. The first-order valence-electron chi connectivity index (χ1n) is 4.46. The van der Waals surface area contributed by atoms with Gasteiger partial charge in [-0.3, -0.25) is 0 Å². The van der Waals surface area contributed by atoms with Crippen LogP contribution >= 0.6 is 0 Å². The second kappa shape index (κ2) is 3.30. The molecule has 70 valence electrons. The third-order valence-corrected chi connectivity index (χ3v) is 2.30. The lowest BCUT2D eigenvalue weighted by Crippen LogP contribution is -2.53. The zero-order valence-corrected chi connectivity index (χ0v) is 7.12. The number of ether oxygens (including phenoxy) is 3. The molecular formula is C8H15NO3. The number of hydrogen-bond acceptors (Lipinski definition) is 4. The monoisotopic (exact) mass is 173 g/mol. The average molecular weight is 173 g/mol. The maximum atomic E-state index is 5.47. The second-order valence-corrected chi connectivity index (χ2v) is 3.37. The fourth-order valence-corrected chi connectivity index (χ4v) is 1.54. The summed E-state index contributed by atoms with van der Waals surface area (Å²) in [5.74, 6) is -0.307. The van der Waals surface area contributed by atoms with Crippen molar-refractivity contribution in [3.63, 3.8) is 0 Å². The van der Waals surface area contributed by atoms with Crippen molar-refractivity contribution in [1.29, 1.82) is 0 Å². The Labute approximate surface area is 72.0 Å². The molecule has 0 saturated carbocycles. The van der Waals surface area contributed by atoms with Crippen LogP contribution in [-0.2, 0) is 14.2 Å². The smallest absolute Gasteiger partial charge is 0.282 e. The number of rotatable bonds is 3. The third-order valence-electron chi connectivity index (χ3n) is 2.30. The maximum Gasteiger partial charge on any atom is 0.282 e. The van der Waals surface area contributed by atoms with Gasteiger partial charge in [-0.15, -0.1) is 0 Å². The van der Waals surface area contributed by atoms with Crippen molar-refractivity contribution < 1.29 is 14.2 Å². The zero-order valence-electron chi connectivity index (χ0n) is 7.12. The summed E-state index contributed by atoms with van der Waals surface area (Å²) in [5.41, 5.74) is 5.41. The minimum absolute atomic E-state index is 0.435. The van der Waals surface area contributed by atoms with Gasteiger partial charge in [0.15, 0.2) is 0 Å². The van der Waals surface area contributed by atoms with E-state index < -0.39 is 5.97 Å². The lowest BCUT2D eigenvalue weighted by molar-refractivity contribution is -0.450. The Hall–Kier alpha value is -0.160. The van der Waals surface area contributed by atoms with Crippen LogP contribution < -0.4 is 5.73 Å². The summed E-state index contributed by atoms with van der Waals surface area (Å²) >= 11 is 0. The summed E-state index contributed by atoms with van der Waals surface area (Å²) in [7, 11) is 0. The molecule has 0 amide bonds. The lowest BCUT2D eigenvalue weighted by atomic mass is 10.1. The summed E-state index contributed by atoms with van der Waals surface area (Å²) < 4.78 is 16.4. The molecule has 12 heavy (non-hydrogen) atoms. The fraction of sp³-hybridized carbons (Fsp3) is 1.00. The van der Waals surface area contributed by atoms with Crippen molar-refractivity contribution in [2.24, 2.45) is 11.7 Å². The van der Waals surface area contributed by atoms with E-state index in [2.05, 4.69) is 0 Å². The molecule has 0 aliphatic carbocycles. The van der Waals surface area contributed by atoms with Crippen LogP contribution in [0.25, 0.3) is 0 Å². The molecule has 0 unspecified atom stereocenters. The molecule has 3 aliphatic rings. The Balaban J connectivity index is 1.90. The quantitative estimate of drug-likeness (QED) is 0.656. The molecule has 3 rings (SSSR count). The van der Waals surface area contributed by atoms with Crippen molar-refractivity contribution in [3.8, 4) is 0 Å². The molecule has 0 spiro atoms. The standard InChI is InChI=1S/C8H15NO3/c9-3-1-2-8-10-4-7(5-11-8)6-12-8/h7H,1-6,9H2. The minimum Gasteiger partial charge on any atom is -0.330 e. The first-order valence-corrected chi connectivity index (χ1v) is 4.46. The van der Waals surface area contributed by atoms with E-state index in [1.807, 2.05) is 0 Å². The van der Waals surface area contributed by atoms with Gasteiger partial charge in [-0.25, -0.2) is 0 Å². The van der Waals surface area contributed by atoms with Gasteiger partial charge in [-0.1, -0.05) is 0 Å². The first-order chi connectivity index (χ1) is 5.85. The molecule has 3 aliphatic heterocycles. The van der Waals surface area contributed by atoms with Gasteiger partial charge in [-0.05, 0) is 13.0 Å². The van der Waals surface area contributed by atoms with Gasteiger partial charge in [0.25, 0.3) is 5.97 Å². The zero-order chi connectivity index (χ0) is 8.44. The van der Waals surface area contributed by atoms with Crippen LogP contribution in [0.5, 0.6) is 0 Å². The highest BCUT2D eigenvalue weighted by molar-refractivity contribution is 4.74. The molecule has 0 radical (unpaired) electrons. The Bertz CT molecular complexity index is 141. The van der Waals surface area contributed by atoms with E-state index >= 15 is 0 Å². The fourth-order valence-electron chi connectivity index (χ4n) is 1.54. The Morgan fingerprint density at radius 3 is 2.25 bits per heavy atom. The molecule has 3 heterocycles. The number of fused-ring (bicyclic) bond motifs is 3. The molecule has 0 aromatic rings. The van der Waals surface area contributed by atoms with Gasteiger partial charge in [-0.2, -0.15) is 0 Å². The molecule has 4 nitrogen and oxygen atoms in total. The van der Waals surface area contributed by atoms with E-state index in [1.54, 1.807) is 0 Å². The van der Waals surface area contributed by atoms with E-state index in [1.165, 1.54) is 0 Å². The van der Waals surface area contributed by atoms with Crippen LogP contribution in [0.2, 0.25) is 0 Å². The van der Waals surface area contributed by atoms with E-state index in [0.717, 1.165) is 32.7 Å². The molecule has 0 aromatic heterocycles. The summed E-state index contributed by atoms with van der Waals surface area (Å²) in [6, 6.07) is 0. The maximum absolute atomic E-state index is 5.47. The van der Waals surface area contributed by atoms with Gasteiger partial charge in [0, 0.05) is 12.3 Å². The van der Waals surface area contributed by atoms with Crippen LogP contribution in [-0.4, -0.2) is 32.3 Å². The molecular weight excluding hydrogens is 158 g/mol. The van der Waals surface area contributed by atoms with Crippen LogP contribution in [0.1, 0.15) is 12.8 Å². The predicted octanol–water partition coefficient (Wildman–Crippen LogP) is 0.0723. The Kier molecular flexibility index (Phi) is 2.32. The largest absolute Gasteiger partial charge is 0.330 e. The highest BCUT2D eigenvalue weighted by Crippen LogP contribution is 2.33. The summed E-state index contributed by atoms with van der Waals surface area (Å²) in [6.45, 7) is 2.96. The molecule has 2 N–H and O–H groups in total. The molecule has 4 heteroatoms. The Morgan fingerprint density at radius 1 is 1.17 bits per heavy atom. The topological polar surface area (TPSA) is 53.7 Å². The van der Waals surface area contributed by atoms with Crippen molar-refractivity contribution in [3.05, 3.63) is 0 Å². The molecule has 2 bridgehead atoms. The van der Waals surface area contributed by atoms with E-state index in [-0.39, 0.29) is 0 Å². The minimum atomic E-state index is -0.742. The molecule has 0 aromatic carbocycles. The highest BCUT2D eigenvalue weighted by Gasteiger charge is 2.43. The van der Waals surface area contributed by atoms with Gasteiger partial charge in [0.1, 0.15) is 0 Å².